The zero-order valence-corrected chi connectivity index (χ0v) is 12.2. The average molecular weight is 310 g/mol. The Balaban J connectivity index is 2.06. The topological polar surface area (TPSA) is 102 Å². The summed E-state index contributed by atoms with van der Waals surface area (Å²) >= 11 is 0. The molecule has 5 atom stereocenters. The third-order valence-electron chi connectivity index (χ3n) is 3.35. The van der Waals surface area contributed by atoms with Gasteiger partial charge < -0.3 is 24.4 Å². The predicted molar refractivity (Wildman–Crippen MR) is 74.4 cm³/mol. The second-order valence-corrected chi connectivity index (χ2v) is 5.07. The molecule has 1 fully saturated rings. The Labute approximate surface area is 127 Å². The molecule has 1 unspecified atom stereocenters. The molecule has 1 aliphatic heterocycles. The number of rotatable bonds is 4. The van der Waals surface area contributed by atoms with Gasteiger partial charge in [0, 0.05) is 12.5 Å². The van der Waals surface area contributed by atoms with E-state index in [-0.39, 0.29) is 0 Å². The van der Waals surface area contributed by atoms with Gasteiger partial charge in [-0.15, -0.1) is 0 Å². The largest absolute Gasteiger partial charge is 0.462 e. The molecule has 2 N–H and O–H groups in total. The van der Waals surface area contributed by atoms with Crippen molar-refractivity contribution in [1.29, 1.82) is 0 Å². The highest BCUT2D eigenvalue weighted by Gasteiger charge is 2.45. The van der Waals surface area contributed by atoms with Crippen LogP contribution in [0.4, 0.5) is 0 Å². The average Bonchev–Trinajstić information content (AvgIpc) is 2.49. The van der Waals surface area contributed by atoms with Crippen molar-refractivity contribution in [2.24, 2.45) is 0 Å². The van der Waals surface area contributed by atoms with E-state index in [0.29, 0.717) is 17.6 Å². The first-order valence-corrected chi connectivity index (χ1v) is 6.83. The standard InChI is InChI=1S/C15H18O7/c1-8-14(21-9(2)17)12(18)13(19)15(20-8)22-11-5-3-10(7-16)4-6-11/h3-8,12-15,18-19H,1-2H3/t8-,12-,13+,14-,15?/m0/s1. The van der Waals surface area contributed by atoms with Crippen LogP contribution in [-0.2, 0) is 14.3 Å². The molecule has 22 heavy (non-hydrogen) atoms. The highest BCUT2D eigenvalue weighted by atomic mass is 16.7. The van der Waals surface area contributed by atoms with Gasteiger partial charge in [0.05, 0.1) is 6.10 Å². The van der Waals surface area contributed by atoms with E-state index < -0.39 is 36.7 Å². The van der Waals surface area contributed by atoms with E-state index in [1.54, 1.807) is 31.2 Å². The number of benzene rings is 1. The Kier molecular flexibility index (Phi) is 5.12. The fourth-order valence-electron chi connectivity index (χ4n) is 2.22. The van der Waals surface area contributed by atoms with E-state index in [1.807, 2.05) is 0 Å². The van der Waals surface area contributed by atoms with Crippen molar-refractivity contribution < 1.29 is 34.0 Å². The van der Waals surface area contributed by atoms with Gasteiger partial charge in [-0.25, -0.2) is 0 Å². The van der Waals surface area contributed by atoms with Crippen molar-refractivity contribution in [3.63, 3.8) is 0 Å². The molecule has 0 aliphatic carbocycles. The zero-order valence-electron chi connectivity index (χ0n) is 12.2. The number of carbonyl (C=O) groups excluding carboxylic acids is 2. The molecule has 0 aromatic heterocycles. The maximum absolute atomic E-state index is 11.0. The number of ether oxygens (including phenoxy) is 3. The van der Waals surface area contributed by atoms with E-state index in [1.165, 1.54) is 6.92 Å². The number of aliphatic hydroxyl groups excluding tert-OH is 2. The number of hydrogen-bond acceptors (Lipinski definition) is 7. The molecule has 0 radical (unpaired) electrons. The summed E-state index contributed by atoms with van der Waals surface area (Å²) in [6, 6.07) is 6.21. The fraction of sp³-hybridized carbons (Fsp3) is 0.467. The summed E-state index contributed by atoms with van der Waals surface area (Å²) in [5.41, 5.74) is 0.487. The van der Waals surface area contributed by atoms with E-state index in [0.717, 1.165) is 0 Å². The van der Waals surface area contributed by atoms with Gasteiger partial charge in [-0.3, -0.25) is 9.59 Å². The first-order chi connectivity index (χ1) is 10.4. The summed E-state index contributed by atoms with van der Waals surface area (Å²) < 4.78 is 15.9. The number of aliphatic hydroxyl groups is 2. The molecule has 1 heterocycles. The molecule has 1 aliphatic rings. The molecule has 1 aromatic carbocycles. The van der Waals surface area contributed by atoms with Crippen LogP contribution in [0.25, 0.3) is 0 Å². The molecular weight excluding hydrogens is 292 g/mol. The SMILES string of the molecule is CC(=O)O[C@@H]1[C@@H](O)[C@@H](O)C(Oc2ccc(C=O)cc2)O[C@H]1C. The van der Waals surface area contributed by atoms with Crippen molar-refractivity contribution in [2.45, 2.75) is 44.6 Å². The number of esters is 1. The Morgan fingerprint density at radius 2 is 1.86 bits per heavy atom. The van der Waals surface area contributed by atoms with Crippen molar-refractivity contribution >= 4 is 12.3 Å². The van der Waals surface area contributed by atoms with Gasteiger partial charge in [0.2, 0.25) is 6.29 Å². The second kappa shape index (κ2) is 6.87. The highest BCUT2D eigenvalue weighted by Crippen LogP contribution is 2.26. The summed E-state index contributed by atoms with van der Waals surface area (Å²) in [6.07, 6.45) is -4.74. The van der Waals surface area contributed by atoms with Crippen LogP contribution in [0, 0.1) is 0 Å². The first kappa shape index (κ1) is 16.4. The van der Waals surface area contributed by atoms with Crippen LogP contribution >= 0.6 is 0 Å². The molecule has 7 nitrogen and oxygen atoms in total. The van der Waals surface area contributed by atoms with Crippen molar-refractivity contribution in [2.75, 3.05) is 0 Å². The molecule has 120 valence electrons. The van der Waals surface area contributed by atoms with Gasteiger partial charge in [0.1, 0.15) is 24.2 Å². The zero-order chi connectivity index (χ0) is 16.3. The lowest BCUT2D eigenvalue weighted by Crippen LogP contribution is -2.59. The van der Waals surface area contributed by atoms with Crippen LogP contribution in [-0.4, -0.2) is 53.2 Å². The minimum Gasteiger partial charge on any atom is -0.462 e. The van der Waals surface area contributed by atoms with Gasteiger partial charge in [0.15, 0.2) is 6.10 Å². The maximum atomic E-state index is 11.0. The minimum absolute atomic E-state index is 0.375. The lowest BCUT2D eigenvalue weighted by molar-refractivity contribution is -0.272. The van der Waals surface area contributed by atoms with Crippen LogP contribution in [0.15, 0.2) is 24.3 Å². The molecule has 1 saturated heterocycles. The Bertz CT molecular complexity index is 527. The summed E-state index contributed by atoms with van der Waals surface area (Å²) in [7, 11) is 0. The Hall–Kier alpha value is -1.96. The van der Waals surface area contributed by atoms with Gasteiger partial charge in [-0.1, -0.05) is 0 Å². The quantitative estimate of drug-likeness (QED) is 0.608. The molecule has 0 spiro atoms. The second-order valence-electron chi connectivity index (χ2n) is 5.07. The number of aldehydes is 1. The van der Waals surface area contributed by atoms with Gasteiger partial charge in [-0.05, 0) is 31.2 Å². The number of hydrogen-bond donors (Lipinski definition) is 2. The predicted octanol–water partition coefficient (Wildman–Crippen LogP) is 0.276. The third kappa shape index (κ3) is 3.62. The van der Waals surface area contributed by atoms with Crippen molar-refractivity contribution in [3.8, 4) is 5.75 Å². The molecule has 0 bridgehead atoms. The van der Waals surface area contributed by atoms with Crippen LogP contribution < -0.4 is 4.74 Å². The Morgan fingerprint density at radius 1 is 1.23 bits per heavy atom. The molecule has 0 amide bonds. The summed E-state index contributed by atoms with van der Waals surface area (Å²) in [5.74, 6) is -0.199. The summed E-state index contributed by atoms with van der Waals surface area (Å²) in [5, 5.41) is 20.1. The fourth-order valence-corrected chi connectivity index (χ4v) is 2.22. The molecule has 0 saturated carbocycles. The molecule has 7 heteroatoms. The van der Waals surface area contributed by atoms with Crippen LogP contribution in [0.3, 0.4) is 0 Å². The van der Waals surface area contributed by atoms with E-state index >= 15 is 0 Å². The molecular formula is C15H18O7. The summed E-state index contributed by atoms with van der Waals surface area (Å²) in [6.45, 7) is 2.82. The van der Waals surface area contributed by atoms with Gasteiger partial charge in [0.25, 0.3) is 0 Å². The maximum Gasteiger partial charge on any atom is 0.303 e. The molecule has 1 aromatic rings. The lowest BCUT2D eigenvalue weighted by Gasteiger charge is -2.40. The minimum atomic E-state index is -1.38. The summed E-state index contributed by atoms with van der Waals surface area (Å²) in [4.78, 5) is 21.6. The van der Waals surface area contributed by atoms with Crippen LogP contribution in [0.1, 0.15) is 24.2 Å². The van der Waals surface area contributed by atoms with Gasteiger partial charge >= 0.3 is 5.97 Å². The normalized spacial score (nSPS) is 31.4. The number of carbonyl (C=O) groups is 2. The van der Waals surface area contributed by atoms with E-state index in [2.05, 4.69) is 0 Å². The third-order valence-corrected chi connectivity index (χ3v) is 3.35. The van der Waals surface area contributed by atoms with E-state index in [9.17, 15) is 19.8 Å². The lowest BCUT2D eigenvalue weighted by atomic mass is 9.99. The molecule has 2 rings (SSSR count). The first-order valence-electron chi connectivity index (χ1n) is 6.83. The van der Waals surface area contributed by atoms with Crippen molar-refractivity contribution in [1.82, 2.24) is 0 Å². The van der Waals surface area contributed by atoms with Gasteiger partial charge in [-0.2, -0.15) is 0 Å². The monoisotopic (exact) mass is 310 g/mol. The smallest absolute Gasteiger partial charge is 0.303 e. The highest BCUT2D eigenvalue weighted by molar-refractivity contribution is 5.74. The van der Waals surface area contributed by atoms with Crippen LogP contribution in [0.2, 0.25) is 0 Å². The van der Waals surface area contributed by atoms with E-state index in [4.69, 9.17) is 14.2 Å². The Morgan fingerprint density at radius 3 is 2.41 bits per heavy atom. The van der Waals surface area contributed by atoms with Crippen molar-refractivity contribution in [3.05, 3.63) is 29.8 Å². The van der Waals surface area contributed by atoms with Crippen LogP contribution in [0.5, 0.6) is 5.75 Å².